The van der Waals surface area contributed by atoms with Gasteiger partial charge in [-0.3, -0.25) is 13.9 Å². The van der Waals surface area contributed by atoms with Crippen LogP contribution in [0.15, 0.2) is 15.8 Å². The van der Waals surface area contributed by atoms with Crippen LogP contribution in [0.3, 0.4) is 0 Å². The third kappa shape index (κ3) is 9.45. The Kier molecular flexibility index (Phi) is 11.0. The number of aromatic nitrogens is 2. The van der Waals surface area contributed by atoms with Gasteiger partial charge in [0, 0.05) is 12.1 Å². The van der Waals surface area contributed by atoms with Crippen LogP contribution in [-0.2, 0) is 38.1 Å². The van der Waals surface area contributed by atoms with E-state index in [0.29, 0.717) is 30.5 Å². The lowest BCUT2D eigenvalue weighted by atomic mass is 10.1. The average molecular weight is 599 g/mol. The lowest BCUT2D eigenvalue weighted by Gasteiger charge is -2.19. The maximum Gasteiger partial charge on any atom is 0.490 e. The van der Waals surface area contributed by atoms with Crippen molar-refractivity contribution in [1.29, 1.82) is 0 Å². The third-order valence-electron chi connectivity index (χ3n) is 4.75. The second-order valence-corrected chi connectivity index (χ2v) is 12.2. The predicted octanol–water partition coefficient (Wildman–Crippen LogP) is -2.33. The Balaban J connectivity index is 2.08. The lowest BCUT2D eigenvalue weighted by molar-refractivity contribution is -0.174. The summed E-state index contributed by atoms with van der Waals surface area (Å²) in [7, 11) is -16.9. The van der Waals surface area contributed by atoms with Crippen molar-refractivity contribution in [1.82, 2.24) is 9.30 Å². The summed E-state index contributed by atoms with van der Waals surface area (Å²) in [6, 6.07) is 0. The topological polar surface area (TPSA) is 289 Å². The van der Waals surface area contributed by atoms with Gasteiger partial charge in [0.1, 0.15) is 18.3 Å². The molecule has 0 spiro atoms. The van der Waals surface area contributed by atoms with Crippen molar-refractivity contribution in [2.75, 3.05) is 13.2 Å². The zero-order valence-electron chi connectivity index (χ0n) is 19.2. The summed E-state index contributed by atoms with van der Waals surface area (Å²) >= 11 is 0. The van der Waals surface area contributed by atoms with Crippen molar-refractivity contribution < 1.29 is 66.2 Å². The van der Waals surface area contributed by atoms with Crippen LogP contribution in [0.2, 0.25) is 0 Å². The zero-order valence-corrected chi connectivity index (χ0v) is 21.9. The molecule has 1 fully saturated rings. The van der Waals surface area contributed by atoms with E-state index in [1.807, 2.05) is 0 Å². The first-order chi connectivity index (χ1) is 17.0. The van der Waals surface area contributed by atoms with Crippen LogP contribution in [0.25, 0.3) is 0 Å². The second kappa shape index (κ2) is 12.7. The first kappa shape index (κ1) is 31.9. The molecular weight excluding hydrogens is 571 g/mol. The van der Waals surface area contributed by atoms with Crippen LogP contribution >= 0.6 is 23.5 Å². The van der Waals surface area contributed by atoms with E-state index in [0.717, 1.165) is 10.8 Å². The molecule has 1 aliphatic rings. The quantitative estimate of drug-likeness (QED) is 0.0871. The summed E-state index contributed by atoms with van der Waals surface area (Å²) in [6.45, 7) is 0.835. The van der Waals surface area contributed by atoms with Gasteiger partial charge in [0.2, 0.25) is 0 Å². The number of hydrogen-bond acceptors (Lipinski definition) is 13. The monoisotopic (exact) mass is 599 g/mol. The molecule has 0 radical (unpaired) electrons. The van der Waals surface area contributed by atoms with Gasteiger partial charge in [-0.2, -0.15) is 8.62 Å². The number of ether oxygens (including phenoxy) is 1. The summed E-state index contributed by atoms with van der Waals surface area (Å²) in [6.07, 6.45) is -4.20. The minimum atomic E-state index is -5.76. The Hall–Kier alpha value is -1.27. The predicted molar refractivity (Wildman–Crippen MR) is 120 cm³/mol. The number of unbranched alkanes of at least 4 members (excludes halogenated alkanes) is 2. The highest BCUT2D eigenvalue weighted by atomic mass is 31.3. The number of nitrogens with zero attached hydrogens (tertiary/aromatic N) is 2. The minimum absolute atomic E-state index is 0.0576. The molecule has 8 N–H and O–H groups in total. The highest BCUT2D eigenvalue weighted by Crippen LogP contribution is 2.66. The number of nitrogens with two attached hydrogens (primary N) is 1. The fourth-order valence-electron chi connectivity index (χ4n) is 3.09. The Labute approximate surface area is 208 Å². The molecule has 0 bridgehead atoms. The van der Waals surface area contributed by atoms with E-state index in [1.54, 1.807) is 0 Å². The molecule has 1 aromatic heterocycles. The maximum atomic E-state index is 12.7. The van der Waals surface area contributed by atoms with Gasteiger partial charge in [0.15, 0.2) is 0 Å². The number of phosphoric ester groups is 1. The molecule has 0 aliphatic carbocycles. The highest BCUT2D eigenvalue weighted by Gasteiger charge is 2.47. The molecule has 2 unspecified atom stereocenters. The summed E-state index contributed by atoms with van der Waals surface area (Å²) in [5, 5.41) is 20.4. The first-order valence-electron chi connectivity index (χ1n) is 10.5. The number of rotatable bonds is 14. The van der Waals surface area contributed by atoms with E-state index in [1.165, 1.54) is 6.92 Å². The van der Waals surface area contributed by atoms with Crippen molar-refractivity contribution in [2.24, 2.45) is 5.73 Å². The van der Waals surface area contributed by atoms with Crippen LogP contribution in [0, 0.1) is 6.92 Å². The number of hydrogen-bond donors (Lipinski definition) is 7. The van der Waals surface area contributed by atoms with Crippen LogP contribution < -0.4 is 21.8 Å². The van der Waals surface area contributed by atoms with E-state index >= 15 is 0 Å². The number of aryl methyl sites for hydroxylation is 1. The number of phosphoric acid groups is 3. The van der Waals surface area contributed by atoms with Crippen LogP contribution in [0.5, 0.6) is 0 Å². The molecule has 2 rings (SSSR count). The van der Waals surface area contributed by atoms with Gasteiger partial charge in [-0.1, -0.05) is 6.42 Å². The molecule has 37 heavy (non-hydrogen) atoms. The molecule has 0 aromatic carbocycles. The van der Waals surface area contributed by atoms with Gasteiger partial charge in [-0.05, 0) is 26.3 Å². The van der Waals surface area contributed by atoms with E-state index in [2.05, 4.69) is 13.1 Å². The summed E-state index contributed by atoms with van der Waals surface area (Å²) in [4.78, 5) is 66.0. The van der Waals surface area contributed by atoms with E-state index in [9.17, 15) is 38.4 Å². The van der Waals surface area contributed by atoms with Gasteiger partial charge >= 0.3 is 29.2 Å². The Morgan fingerprint density at radius 2 is 1.65 bits per heavy atom. The van der Waals surface area contributed by atoms with E-state index < -0.39 is 65.9 Å². The van der Waals surface area contributed by atoms with Crippen molar-refractivity contribution in [2.45, 2.75) is 57.3 Å². The van der Waals surface area contributed by atoms with Gasteiger partial charge < -0.3 is 45.1 Å². The third-order valence-corrected chi connectivity index (χ3v) is 8.56. The molecule has 22 heteroatoms. The fourth-order valence-corrected chi connectivity index (χ4v) is 6.12. The smallest absolute Gasteiger partial charge is 0.387 e. The standard InChI is InChI=1S/C15H28N3O16P3/c1-9-7-18(15(22)17(13(9)21)6-4-2-3-5-16)32-14-12(20)11(19)10(31-14)8-30-36(26,27)34-37(28,29)33-35(23,24)25/h7,10-12,14,19-20H,2-6,8,16H2,1H3,(H,26,27)(H,28,29)(H2,23,24,25)/t10-,11-,12-,14-/m1/s1. The minimum Gasteiger partial charge on any atom is -0.387 e. The first-order valence-corrected chi connectivity index (χ1v) is 15.0. The Bertz CT molecular complexity index is 1200. The number of aliphatic hydroxyl groups is 2. The molecule has 19 nitrogen and oxygen atoms in total. The molecular formula is C15H28N3O16P3. The summed E-state index contributed by atoms with van der Waals surface area (Å²) < 4.78 is 52.1. The molecule has 1 aromatic rings. The Morgan fingerprint density at radius 1 is 1.00 bits per heavy atom. The van der Waals surface area contributed by atoms with Crippen molar-refractivity contribution >= 4 is 23.5 Å². The SMILES string of the molecule is Cc1cn(O[C@H]2O[C@H](COP(=O)(O)OP(=O)(O)OP(=O)(O)O)[C@@H](O)[C@H]2O)c(=O)n(CCCCCN)c1=O. The van der Waals surface area contributed by atoms with Crippen molar-refractivity contribution in [3.63, 3.8) is 0 Å². The van der Waals surface area contributed by atoms with Crippen LogP contribution in [-0.4, -0.2) is 76.8 Å². The van der Waals surface area contributed by atoms with Crippen molar-refractivity contribution in [3.8, 4) is 0 Å². The highest BCUT2D eigenvalue weighted by molar-refractivity contribution is 7.66. The summed E-state index contributed by atoms with van der Waals surface area (Å²) in [5.74, 6) is 0. The van der Waals surface area contributed by atoms with E-state index in [4.69, 9.17) is 30.0 Å². The van der Waals surface area contributed by atoms with Crippen molar-refractivity contribution in [3.05, 3.63) is 32.6 Å². The van der Waals surface area contributed by atoms with Crippen LogP contribution in [0.4, 0.5) is 0 Å². The van der Waals surface area contributed by atoms with E-state index in [-0.39, 0.29) is 12.1 Å². The second-order valence-electron chi connectivity index (χ2n) is 7.74. The Morgan fingerprint density at radius 3 is 2.24 bits per heavy atom. The molecule has 1 saturated heterocycles. The number of aliphatic hydroxyl groups excluding tert-OH is 2. The fraction of sp³-hybridized carbons (Fsp3) is 0.733. The largest absolute Gasteiger partial charge is 0.490 e. The van der Waals surface area contributed by atoms with Gasteiger partial charge in [-0.25, -0.2) is 18.5 Å². The lowest BCUT2D eigenvalue weighted by Crippen LogP contribution is -2.47. The maximum absolute atomic E-state index is 12.7. The molecule has 2 heterocycles. The average Bonchev–Trinajstić information content (AvgIpc) is 3.01. The van der Waals surface area contributed by atoms with Gasteiger partial charge in [-0.15, -0.1) is 4.73 Å². The van der Waals surface area contributed by atoms with Gasteiger partial charge in [0.25, 0.3) is 11.8 Å². The molecule has 6 atom stereocenters. The molecule has 0 amide bonds. The zero-order chi connectivity index (χ0) is 28.2. The van der Waals surface area contributed by atoms with Crippen LogP contribution in [0.1, 0.15) is 24.8 Å². The van der Waals surface area contributed by atoms with Gasteiger partial charge in [0.05, 0.1) is 12.8 Å². The molecule has 1 aliphatic heterocycles. The molecule has 214 valence electrons. The summed E-state index contributed by atoms with van der Waals surface area (Å²) in [5.41, 5.74) is 4.05. The normalized spacial score (nSPS) is 25.5. The molecule has 0 saturated carbocycles.